The molecular formula is C31H41Cl2N7O2S2. The number of amides is 1. The van der Waals surface area contributed by atoms with Crippen LogP contribution in [0.3, 0.4) is 0 Å². The SMILES string of the molecule is CCC(CC)NCC1=C(C2CC2)ONC1c1c(Cl)cccc1Cl.CCN(C)c1nc2ncc(C(=O)NSC3(C)CC3)nc2s1. The van der Waals surface area contributed by atoms with Gasteiger partial charge < -0.3 is 15.1 Å². The number of rotatable bonds is 12. The molecule has 2 fully saturated rings. The van der Waals surface area contributed by atoms with Crippen LogP contribution >= 0.6 is 46.5 Å². The van der Waals surface area contributed by atoms with Gasteiger partial charge in [-0.25, -0.2) is 9.97 Å². The number of carbonyl (C=O) groups is 1. The molecule has 0 radical (unpaired) electrons. The molecule has 238 valence electrons. The number of anilines is 1. The Morgan fingerprint density at radius 2 is 1.91 bits per heavy atom. The molecule has 1 aromatic carbocycles. The molecule has 3 aliphatic rings. The van der Waals surface area contributed by atoms with Gasteiger partial charge in [0.15, 0.2) is 15.6 Å². The summed E-state index contributed by atoms with van der Waals surface area (Å²) >= 11 is 15.8. The minimum Gasteiger partial charge on any atom is -0.412 e. The monoisotopic (exact) mass is 677 g/mol. The molecule has 0 bridgehead atoms. The molecule has 3 N–H and O–H groups in total. The first-order chi connectivity index (χ1) is 21.2. The highest BCUT2D eigenvalue weighted by atomic mass is 35.5. The van der Waals surface area contributed by atoms with Gasteiger partial charge in [-0.05, 0) is 76.5 Å². The van der Waals surface area contributed by atoms with E-state index < -0.39 is 0 Å². The van der Waals surface area contributed by atoms with E-state index in [0.29, 0.717) is 38.2 Å². The third kappa shape index (κ3) is 7.97. The van der Waals surface area contributed by atoms with Gasteiger partial charge in [0.2, 0.25) is 0 Å². The number of nitrogens with zero attached hydrogens (tertiary/aromatic N) is 4. The van der Waals surface area contributed by atoms with Crippen molar-refractivity contribution < 1.29 is 9.63 Å². The van der Waals surface area contributed by atoms with Crippen LogP contribution < -0.4 is 20.4 Å². The maximum atomic E-state index is 12.1. The van der Waals surface area contributed by atoms with Crippen molar-refractivity contribution >= 4 is 68.0 Å². The summed E-state index contributed by atoms with van der Waals surface area (Å²) in [7, 11) is 1.97. The largest absolute Gasteiger partial charge is 0.412 e. The van der Waals surface area contributed by atoms with E-state index >= 15 is 0 Å². The first-order valence-corrected chi connectivity index (χ1v) is 17.7. The topological polar surface area (TPSA) is 104 Å². The normalized spacial score (nSPS) is 18.7. The van der Waals surface area contributed by atoms with Crippen LogP contribution in [0.5, 0.6) is 0 Å². The average molecular weight is 679 g/mol. The highest BCUT2D eigenvalue weighted by Crippen LogP contribution is 2.47. The number of thiazole rings is 1. The summed E-state index contributed by atoms with van der Waals surface area (Å²) < 4.78 is 3.06. The summed E-state index contributed by atoms with van der Waals surface area (Å²) in [5.74, 6) is 1.44. The van der Waals surface area contributed by atoms with Crippen molar-refractivity contribution in [1.29, 1.82) is 0 Å². The lowest BCUT2D eigenvalue weighted by Crippen LogP contribution is -2.31. The van der Waals surface area contributed by atoms with Gasteiger partial charge in [-0.15, -0.1) is 5.48 Å². The Kier molecular flexibility index (Phi) is 11.0. The Morgan fingerprint density at radius 1 is 1.20 bits per heavy atom. The van der Waals surface area contributed by atoms with Crippen LogP contribution in [0.1, 0.15) is 88.3 Å². The predicted molar refractivity (Wildman–Crippen MR) is 182 cm³/mol. The predicted octanol–water partition coefficient (Wildman–Crippen LogP) is 7.48. The van der Waals surface area contributed by atoms with Gasteiger partial charge in [-0.1, -0.05) is 54.5 Å². The lowest BCUT2D eigenvalue weighted by atomic mass is 9.97. The van der Waals surface area contributed by atoms with Gasteiger partial charge in [0, 0.05) is 58.0 Å². The number of aromatic nitrogens is 3. The van der Waals surface area contributed by atoms with Gasteiger partial charge in [-0.2, -0.15) is 4.98 Å². The molecule has 9 nitrogen and oxygen atoms in total. The first-order valence-electron chi connectivity index (χ1n) is 15.3. The van der Waals surface area contributed by atoms with Crippen LogP contribution in [0, 0.1) is 5.92 Å². The summed E-state index contributed by atoms with van der Waals surface area (Å²) in [6.07, 6.45) is 8.42. The summed E-state index contributed by atoms with van der Waals surface area (Å²) in [4.78, 5) is 33.7. The fourth-order valence-electron chi connectivity index (χ4n) is 4.75. The van der Waals surface area contributed by atoms with Crippen molar-refractivity contribution in [2.24, 2.45) is 5.92 Å². The smallest absolute Gasteiger partial charge is 0.281 e. The van der Waals surface area contributed by atoms with Crippen molar-refractivity contribution in [2.75, 3.05) is 25.0 Å². The summed E-state index contributed by atoms with van der Waals surface area (Å²) in [6.45, 7) is 10.3. The van der Waals surface area contributed by atoms with Crippen LogP contribution in [0.4, 0.5) is 5.13 Å². The zero-order valence-electron chi connectivity index (χ0n) is 25.9. The molecule has 13 heteroatoms. The zero-order chi connectivity index (χ0) is 31.4. The number of hydroxylamine groups is 1. The standard InChI is InChI=1S/C18H24Cl2N2O.C13H17N5OS2/c1-3-12(4-2)21-10-13-17(22-23-18(13)11-8-9-11)16-14(19)6-5-7-15(16)20;1-4-18(3)12-16-9-11(20-12)15-8(7-14-9)10(19)17-21-13(2)5-6-13/h5-7,11-12,17,21-22H,3-4,8-10H2,1-2H3;7H,4-6H2,1-3H3,(H,17,19). The fourth-order valence-corrected chi connectivity index (χ4v) is 7.04. The quantitative estimate of drug-likeness (QED) is 0.168. The zero-order valence-corrected chi connectivity index (χ0v) is 29.0. The Bertz CT molecular complexity index is 1490. The van der Waals surface area contributed by atoms with E-state index in [1.54, 1.807) is 0 Å². The molecule has 2 saturated carbocycles. The maximum Gasteiger partial charge on any atom is 0.281 e. The molecule has 1 atom stereocenters. The highest BCUT2D eigenvalue weighted by Gasteiger charge is 2.40. The second-order valence-corrected chi connectivity index (χ2v) is 14.9. The number of hydrogen-bond donors (Lipinski definition) is 3. The van der Waals surface area contributed by atoms with Crippen molar-refractivity contribution in [3.8, 4) is 0 Å². The number of hydrogen-bond acceptors (Lipinski definition) is 10. The van der Waals surface area contributed by atoms with Crippen LogP contribution in [-0.2, 0) is 4.84 Å². The van der Waals surface area contributed by atoms with E-state index in [2.05, 4.69) is 58.2 Å². The van der Waals surface area contributed by atoms with Crippen LogP contribution in [-0.4, -0.2) is 51.8 Å². The number of fused-ring (bicyclic) bond motifs is 1. The van der Waals surface area contributed by atoms with E-state index in [4.69, 9.17) is 28.0 Å². The first kappa shape index (κ1) is 33.2. The van der Waals surface area contributed by atoms with Crippen LogP contribution in [0.25, 0.3) is 10.5 Å². The van der Waals surface area contributed by atoms with Crippen molar-refractivity contribution in [3.05, 3.63) is 57.0 Å². The number of allylic oxidation sites excluding steroid dienone is 1. The molecule has 0 saturated heterocycles. The molecule has 2 aromatic heterocycles. The van der Waals surface area contributed by atoms with Gasteiger partial charge in [0.1, 0.15) is 11.5 Å². The molecule has 44 heavy (non-hydrogen) atoms. The van der Waals surface area contributed by atoms with E-state index in [1.165, 1.54) is 47.9 Å². The molecule has 1 aliphatic heterocycles. The molecule has 3 aromatic rings. The molecule has 1 unspecified atom stereocenters. The molecule has 0 spiro atoms. The Balaban J connectivity index is 0.000000175. The van der Waals surface area contributed by atoms with Crippen LogP contribution in [0.2, 0.25) is 10.0 Å². The Hall–Kier alpha value is -2.15. The molecule has 1 amide bonds. The van der Waals surface area contributed by atoms with E-state index in [1.807, 2.05) is 30.1 Å². The highest BCUT2D eigenvalue weighted by molar-refractivity contribution is 7.99. The maximum absolute atomic E-state index is 12.1. The number of halogens is 2. The summed E-state index contributed by atoms with van der Waals surface area (Å²) in [5, 5.41) is 5.87. The molecule has 6 rings (SSSR count). The van der Waals surface area contributed by atoms with E-state index in [0.717, 1.165) is 55.2 Å². The second kappa shape index (κ2) is 14.5. The number of carbonyl (C=O) groups excluding carboxylic acids is 1. The third-order valence-electron chi connectivity index (χ3n) is 8.24. The summed E-state index contributed by atoms with van der Waals surface area (Å²) in [6, 6.07) is 6.08. The molecule has 3 heterocycles. The van der Waals surface area contributed by atoms with Crippen molar-refractivity contribution in [3.63, 3.8) is 0 Å². The Morgan fingerprint density at radius 3 is 2.52 bits per heavy atom. The van der Waals surface area contributed by atoms with E-state index in [9.17, 15) is 4.79 Å². The minimum absolute atomic E-state index is 0.0753. The molecule has 2 aliphatic carbocycles. The molecular weight excluding hydrogens is 637 g/mol. The number of benzene rings is 1. The van der Waals surface area contributed by atoms with Gasteiger partial charge in [0.05, 0.1) is 12.2 Å². The van der Waals surface area contributed by atoms with Crippen LogP contribution in [0.15, 0.2) is 35.7 Å². The minimum atomic E-state index is -0.193. The fraction of sp³-hybridized carbons (Fsp3) is 0.548. The van der Waals surface area contributed by atoms with Crippen molar-refractivity contribution in [1.82, 2.24) is 30.5 Å². The third-order valence-corrected chi connectivity index (χ3v) is 11.1. The Labute approximate surface area is 278 Å². The second-order valence-electron chi connectivity index (χ2n) is 11.7. The van der Waals surface area contributed by atoms with E-state index in [-0.39, 0.29) is 16.7 Å². The average Bonchev–Trinajstić information content (AvgIpc) is 3.92. The van der Waals surface area contributed by atoms with Gasteiger partial charge >= 0.3 is 0 Å². The summed E-state index contributed by atoms with van der Waals surface area (Å²) in [5.41, 5.74) is 6.24. The van der Waals surface area contributed by atoms with Gasteiger partial charge in [-0.3, -0.25) is 9.52 Å². The lowest BCUT2D eigenvalue weighted by Gasteiger charge is -2.20. The van der Waals surface area contributed by atoms with Crippen molar-refractivity contribution in [2.45, 2.75) is 83.1 Å². The number of nitrogens with one attached hydrogen (secondary N) is 3. The lowest BCUT2D eigenvalue weighted by molar-refractivity contribution is 0.0979. The van der Waals surface area contributed by atoms with Gasteiger partial charge in [0.25, 0.3) is 5.91 Å².